The second kappa shape index (κ2) is 8.05. The lowest BCUT2D eigenvalue weighted by Gasteiger charge is -2.34. The van der Waals surface area contributed by atoms with Gasteiger partial charge in [0.25, 0.3) is 5.91 Å². The summed E-state index contributed by atoms with van der Waals surface area (Å²) in [4.78, 5) is 22.2. The number of para-hydroxylation sites is 1. The maximum atomic E-state index is 12.4. The molecular formula is C24H27N5O. The topological polar surface area (TPSA) is 53.4 Å². The molecule has 0 atom stereocenters. The summed E-state index contributed by atoms with van der Waals surface area (Å²) >= 11 is 0. The second-order valence-electron chi connectivity index (χ2n) is 8.08. The lowest BCUT2D eigenvalue weighted by molar-refractivity contribution is 0.0956. The fraction of sp³-hybridized carbons (Fsp3) is 0.333. The molecule has 1 saturated heterocycles. The molecule has 3 aromatic rings. The van der Waals surface area contributed by atoms with Crippen molar-refractivity contribution in [3.05, 3.63) is 66.2 Å². The highest BCUT2D eigenvalue weighted by Gasteiger charge is 2.22. The van der Waals surface area contributed by atoms with Crippen LogP contribution in [0.5, 0.6) is 0 Å². The molecule has 3 heterocycles. The first kappa shape index (κ1) is 19.0. The SMILES string of the molecule is C=CCN1CCN(Cc2ccc(-c3nc4cccc5c4n3CCNC5=O)cc2)CC1. The number of rotatable bonds is 5. The van der Waals surface area contributed by atoms with Crippen molar-refractivity contribution in [3.63, 3.8) is 0 Å². The van der Waals surface area contributed by atoms with Crippen LogP contribution in [0.3, 0.4) is 0 Å². The number of carbonyl (C=O) groups is 1. The fourth-order valence-corrected chi connectivity index (χ4v) is 4.51. The molecule has 30 heavy (non-hydrogen) atoms. The Kier molecular flexibility index (Phi) is 5.11. The van der Waals surface area contributed by atoms with Crippen LogP contribution in [-0.2, 0) is 13.1 Å². The van der Waals surface area contributed by atoms with Gasteiger partial charge < -0.3 is 9.88 Å². The zero-order chi connectivity index (χ0) is 20.5. The van der Waals surface area contributed by atoms with Crippen LogP contribution in [0.15, 0.2) is 55.1 Å². The van der Waals surface area contributed by atoms with Gasteiger partial charge in [-0.25, -0.2) is 4.98 Å². The van der Waals surface area contributed by atoms with E-state index >= 15 is 0 Å². The van der Waals surface area contributed by atoms with Gasteiger partial charge in [0.1, 0.15) is 5.82 Å². The molecule has 0 aliphatic carbocycles. The van der Waals surface area contributed by atoms with Gasteiger partial charge in [-0.3, -0.25) is 14.6 Å². The van der Waals surface area contributed by atoms with Gasteiger partial charge in [-0.05, 0) is 17.7 Å². The van der Waals surface area contributed by atoms with E-state index in [-0.39, 0.29) is 5.91 Å². The number of nitrogens with zero attached hydrogens (tertiary/aromatic N) is 4. The van der Waals surface area contributed by atoms with Gasteiger partial charge in [-0.1, -0.05) is 36.4 Å². The highest BCUT2D eigenvalue weighted by Crippen LogP contribution is 2.28. The van der Waals surface area contributed by atoms with Crippen LogP contribution in [0.4, 0.5) is 0 Å². The summed E-state index contributed by atoms with van der Waals surface area (Å²) in [5, 5.41) is 2.98. The first-order valence-corrected chi connectivity index (χ1v) is 10.7. The minimum atomic E-state index is -0.0191. The maximum Gasteiger partial charge on any atom is 0.253 e. The van der Waals surface area contributed by atoms with Gasteiger partial charge in [-0.2, -0.15) is 0 Å². The number of amides is 1. The van der Waals surface area contributed by atoms with Crippen molar-refractivity contribution in [3.8, 4) is 11.4 Å². The van der Waals surface area contributed by atoms with E-state index < -0.39 is 0 Å². The molecule has 0 unspecified atom stereocenters. The van der Waals surface area contributed by atoms with E-state index in [4.69, 9.17) is 4.98 Å². The molecule has 2 aliphatic heterocycles. The zero-order valence-corrected chi connectivity index (χ0v) is 17.2. The number of imidazole rings is 1. The number of hydrogen-bond acceptors (Lipinski definition) is 4. The highest BCUT2D eigenvalue weighted by atomic mass is 16.1. The minimum Gasteiger partial charge on any atom is -0.350 e. The van der Waals surface area contributed by atoms with E-state index in [1.807, 2.05) is 24.3 Å². The number of carbonyl (C=O) groups excluding carboxylic acids is 1. The smallest absolute Gasteiger partial charge is 0.253 e. The average Bonchev–Trinajstić information content (AvgIpc) is 3.05. The molecule has 0 spiro atoms. The zero-order valence-electron chi connectivity index (χ0n) is 17.2. The molecule has 0 bridgehead atoms. The van der Waals surface area contributed by atoms with Crippen LogP contribution in [-0.4, -0.2) is 64.5 Å². The van der Waals surface area contributed by atoms with Crippen LogP contribution in [0.1, 0.15) is 15.9 Å². The number of benzene rings is 2. The van der Waals surface area contributed by atoms with Crippen LogP contribution in [0, 0.1) is 0 Å². The third-order valence-corrected chi connectivity index (χ3v) is 6.10. The van der Waals surface area contributed by atoms with Crippen molar-refractivity contribution in [2.24, 2.45) is 0 Å². The Bertz CT molecular complexity index is 1080. The Morgan fingerprint density at radius 2 is 1.77 bits per heavy atom. The first-order chi connectivity index (χ1) is 14.7. The summed E-state index contributed by atoms with van der Waals surface area (Å²) in [6, 6.07) is 14.5. The van der Waals surface area contributed by atoms with Gasteiger partial charge >= 0.3 is 0 Å². The number of aromatic nitrogens is 2. The van der Waals surface area contributed by atoms with E-state index in [0.29, 0.717) is 12.1 Å². The Morgan fingerprint density at radius 3 is 2.53 bits per heavy atom. The minimum absolute atomic E-state index is 0.0191. The number of piperazine rings is 1. The molecule has 2 aliphatic rings. The van der Waals surface area contributed by atoms with E-state index in [1.165, 1.54) is 5.56 Å². The van der Waals surface area contributed by atoms with Crippen molar-refractivity contribution >= 4 is 16.9 Å². The highest BCUT2D eigenvalue weighted by molar-refractivity contribution is 6.06. The summed E-state index contributed by atoms with van der Waals surface area (Å²) in [5.41, 5.74) is 4.92. The Morgan fingerprint density at radius 1 is 1.00 bits per heavy atom. The number of hydrogen-bond donors (Lipinski definition) is 1. The van der Waals surface area contributed by atoms with Gasteiger partial charge in [0.2, 0.25) is 0 Å². The van der Waals surface area contributed by atoms with E-state index in [2.05, 4.69) is 50.5 Å². The summed E-state index contributed by atoms with van der Waals surface area (Å²) in [7, 11) is 0. The molecule has 1 fully saturated rings. The van der Waals surface area contributed by atoms with Gasteiger partial charge in [-0.15, -0.1) is 6.58 Å². The monoisotopic (exact) mass is 401 g/mol. The lowest BCUT2D eigenvalue weighted by Crippen LogP contribution is -2.45. The maximum absolute atomic E-state index is 12.4. The Hall–Kier alpha value is -2.96. The third-order valence-electron chi connectivity index (χ3n) is 6.10. The molecule has 1 amide bonds. The molecule has 0 saturated carbocycles. The molecule has 5 rings (SSSR count). The predicted molar refractivity (Wildman–Crippen MR) is 119 cm³/mol. The third kappa shape index (κ3) is 3.53. The lowest BCUT2D eigenvalue weighted by atomic mass is 10.1. The van der Waals surface area contributed by atoms with Crippen molar-refractivity contribution in [1.29, 1.82) is 0 Å². The van der Waals surface area contributed by atoms with Crippen LogP contribution < -0.4 is 5.32 Å². The normalized spacial score (nSPS) is 17.7. The molecule has 1 N–H and O–H groups in total. The summed E-state index contributed by atoms with van der Waals surface area (Å²) in [6.07, 6.45) is 1.98. The van der Waals surface area contributed by atoms with E-state index in [9.17, 15) is 4.79 Å². The molecule has 0 radical (unpaired) electrons. The molecule has 6 nitrogen and oxygen atoms in total. The average molecular weight is 402 g/mol. The standard InChI is InChI=1S/C24H27N5O/c1-2-11-27-13-15-28(16-14-27)17-18-6-8-19(9-7-18)23-26-21-5-3-4-20-22(21)29(23)12-10-25-24(20)30/h2-9H,1,10-17H2,(H,25,30). The Balaban J connectivity index is 1.37. The van der Waals surface area contributed by atoms with Crippen molar-refractivity contribution in [2.45, 2.75) is 13.1 Å². The summed E-state index contributed by atoms with van der Waals surface area (Å²) in [6.45, 7) is 11.5. The fourth-order valence-electron chi connectivity index (χ4n) is 4.51. The van der Waals surface area contributed by atoms with Gasteiger partial charge in [0.05, 0.1) is 16.6 Å². The molecule has 6 heteroatoms. The molecular weight excluding hydrogens is 374 g/mol. The van der Waals surface area contributed by atoms with Crippen LogP contribution >= 0.6 is 0 Å². The van der Waals surface area contributed by atoms with E-state index in [0.717, 1.165) is 68.2 Å². The van der Waals surface area contributed by atoms with Gasteiger partial charge in [0, 0.05) is 57.9 Å². The van der Waals surface area contributed by atoms with Crippen molar-refractivity contribution in [2.75, 3.05) is 39.3 Å². The second-order valence-corrected chi connectivity index (χ2v) is 8.08. The largest absolute Gasteiger partial charge is 0.350 e. The molecule has 154 valence electrons. The quantitative estimate of drug-likeness (QED) is 0.668. The number of nitrogens with one attached hydrogen (secondary N) is 1. The molecule has 2 aromatic carbocycles. The van der Waals surface area contributed by atoms with Crippen LogP contribution in [0.25, 0.3) is 22.4 Å². The van der Waals surface area contributed by atoms with Crippen molar-refractivity contribution in [1.82, 2.24) is 24.7 Å². The van der Waals surface area contributed by atoms with E-state index in [1.54, 1.807) is 0 Å². The summed E-state index contributed by atoms with van der Waals surface area (Å²) in [5.74, 6) is 0.910. The van der Waals surface area contributed by atoms with Gasteiger partial charge in [0.15, 0.2) is 0 Å². The first-order valence-electron chi connectivity index (χ1n) is 10.7. The van der Waals surface area contributed by atoms with Crippen LogP contribution in [0.2, 0.25) is 0 Å². The molecule has 1 aromatic heterocycles. The Labute approximate surface area is 176 Å². The van der Waals surface area contributed by atoms with Crippen molar-refractivity contribution < 1.29 is 4.79 Å². The summed E-state index contributed by atoms with van der Waals surface area (Å²) < 4.78 is 2.18. The predicted octanol–water partition coefficient (Wildman–Crippen LogP) is 2.75.